The maximum atomic E-state index is 12.9. The number of hydrogen-bond acceptors (Lipinski definition) is 5. The summed E-state index contributed by atoms with van der Waals surface area (Å²) < 4.78 is 8.25. The van der Waals surface area contributed by atoms with Crippen molar-refractivity contribution in [3.8, 4) is 0 Å². The number of carbonyl (C=O) groups is 1. The Balaban J connectivity index is 1.17. The summed E-state index contributed by atoms with van der Waals surface area (Å²) in [6, 6.07) is 19.7. The highest BCUT2D eigenvalue weighted by atomic mass is 32.2. The number of nitrogens with zero attached hydrogens (tertiary/aromatic N) is 4. The van der Waals surface area contributed by atoms with Crippen molar-refractivity contribution in [2.45, 2.75) is 107 Å². The van der Waals surface area contributed by atoms with Gasteiger partial charge < -0.3 is 14.2 Å². The van der Waals surface area contributed by atoms with Gasteiger partial charge in [0, 0.05) is 36.1 Å². The zero-order valence-electron chi connectivity index (χ0n) is 25.4. The number of rotatable bonds is 6. The zero-order valence-corrected chi connectivity index (χ0v) is 26.3. The molecule has 220 valence electrons. The molecule has 2 aromatic carbocycles. The first-order valence-corrected chi connectivity index (χ1v) is 16.7. The highest BCUT2D eigenvalue weighted by Gasteiger charge is 2.44. The summed E-state index contributed by atoms with van der Waals surface area (Å²) in [7, 11) is 0. The Kier molecular flexibility index (Phi) is 7.88. The minimum Gasteiger partial charge on any atom is -0.444 e. The molecule has 1 aromatic heterocycles. The van der Waals surface area contributed by atoms with Crippen molar-refractivity contribution in [1.29, 1.82) is 0 Å². The van der Waals surface area contributed by atoms with Crippen molar-refractivity contribution in [3.05, 3.63) is 59.9 Å². The standard InChI is InChI=1S/C34H46N4O2S/c1-24-35-30-8-6-7-9-31(30)38(24)28-22-26-12-13-27(23-28)37(26)21-18-34(25-10-14-29(41-5)15-11-25)16-19-36(20-17-34)32(39)40-33(2,3)4/h6-11,14-15,26-28H,12-13,16-23H2,1-5H3/t26-,27+,28+. The van der Waals surface area contributed by atoms with Crippen LogP contribution in [-0.2, 0) is 10.2 Å². The Labute approximate surface area is 249 Å². The number of ether oxygens (including phenoxy) is 1. The first-order chi connectivity index (χ1) is 19.7. The van der Waals surface area contributed by atoms with Gasteiger partial charge in [-0.15, -0.1) is 11.8 Å². The van der Waals surface area contributed by atoms with E-state index in [4.69, 9.17) is 9.72 Å². The van der Waals surface area contributed by atoms with Crippen LogP contribution < -0.4 is 0 Å². The molecule has 3 aliphatic heterocycles. The Bertz CT molecular complexity index is 1360. The Hall–Kier alpha value is -2.51. The van der Waals surface area contributed by atoms with Crippen LogP contribution in [0.2, 0.25) is 0 Å². The highest BCUT2D eigenvalue weighted by molar-refractivity contribution is 7.98. The van der Waals surface area contributed by atoms with E-state index in [1.54, 1.807) is 11.8 Å². The largest absolute Gasteiger partial charge is 0.444 e. The van der Waals surface area contributed by atoms with E-state index in [-0.39, 0.29) is 11.5 Å². The number of benzene rings is 2. The molecule has 3 atom stereocenters. The zero-order chi connectivity index (χ0) is 28.8. The molecular weight excluding hydrogens is 528 g/mol. The minimum atomic E-state index is -0.466. The number of imidazole rings is 1. The van der Waals surface area contributed by atoms with Gasteiger partial charge in [-0.25, -0.2) is 9.78 Å². The van der Waals surface area contributed by atoms with Crippen LogP contribution in [0.1, 0.15) is 83.1 Å². The first-order valence-electron chi connectivity index (χ1n) is 15.5. The lowest BCUT2D eigenvalue weighted by Crippen LogP contribution is -2.49. The summed E-state index contributed by atoms with van der Waals surface area (Å²) in [5, 5.41) is 0. The number of piperidine rings is 2. The molecule has 0 unspecified atom stereocenters. The summed E-state index contributed by atoms with van der Waals surface area (Å²) in [5.74, 6) is 1.15. The van der Waals surface area contributed by atoms with E-state index >= 15 is 0 Å². The van der Waals surface area contributed by atoms with Gasteiger partial charge in [0.15, 0.2) is 0 Å². The van der Waals surface area contributed by atoms with Crippen molar-refractivity contribution in [2.75, 3.05) is 25.9 Å². The number of thioether (sulfide) groups is 1. The second-order valence-corrected chi connectivity index (χ2v) is 14.4. The van der Waals surface area contributed by atoms with Gasteiger partial charge in [-0.3, -0.25) is 4.90 Å². The average Bonchev–Trinajstić information content (AvgIpc) is 3.41. The van der Waals surface area contributed by atoms with Crippen LogP contribution in [0.15, 0.2) is 53.4 Å². The van der Waals surface area contributed by atoms with Crippen LogP contribution in [0.3, 0.4) is 0 Å². The lowest BCUT2D eigenvalue weighted by atomic mass is 9.70. The molecule has 3 aromatic rings. The van der Waals surface area contributed by atoms with Crippen molar-refractivity contribution < 1.29 is 9.53 Å². The highest BCUT2D eigenvalue weighted by Crippen LogP contribution is 2.45. The molecule has 0 N–H and O–H groups in total. The summed E-state index contributed by atoms with van der Waals surface area (Å²) in [4.78, 5) is 23.8. The fourth-order valence-corrected chi connectivity index (χ4v) is 8.27. The first kappa shape index (κ1) is 28.6. The second kappa shape index (κ2) is 11.3. The van der Waals surface area contributed by atoms with Gasteiger partial charge in [0.1, 0.15) is 11.4 Å². The van der Waals surface area contributed by atoms with E-state index in [0.29, 0.717) is 18.1 Å². The van der Waals surface area contributed by atoms with Gasteiger partial charge >= 0.3 is 6.09 Å². The molecule has 6 rings (SSSR count). The number of aryl methyl sites for hydroxylation is 1. The fraction of sp³-hybridized carbons (Fsp3) is 0.588. The molecule has 0 saturated carbocycles. The van der Waals surface area contributed by atoms with Crippen LogP contribution in [0.5, 0.6) is 0 Å². The Morgan fingerprint density at radius 1 is 1.00 bits per heavy atom. The van der Waals surface area contributed by atoms with E-state index < -0.39 is 5.60 Å². The normalized spacial score (nSPS) is 24.6. The van der Waals surface area contributed by atoms with Crippen molar-refractivity contribution in [2.24, 2.45) is 0 Å². The van der Waals surface area contributed by atoms with E-state index in [9.17, 15) is 4.79 Å². The third kappa shape index (κ3) is 5.77. The number of amides is 1. The third-order valence-electron chi connectivity index (χ3n) is 9.92. The molecular formula is C34H46N4O2S. The molecule has 2 bridgehead atoms. The number of likely N-dealkylation sites (tertiary alicyclic amines) is 1. The van der Waals surface area contributed by atoms with Crippen LogP contribution in [0.4, 0.5) is 4.79 Å². The lowest BCUT2D eigenvalue weighted by Gasteiger charge is -2.45. The van der Waals surface area contributed by atoms with E-state index in [1.807, 2.05) is 25.7 Å². The van der Waals surface area contributed by atoms with Crippen molar-refractivity contribution in [1.82, 2.24) is 19.4 Å². The molecule has 3 fully saturated rings. The van der Waals surface area contributed by atoms with Gasteiger partial charge in [0.2, 0.25) is 0 Å². The second-order valence-electron chi connectivity index (χ2n) is 13.5. The van der Waals surface area contributed by atoms with Crippen molar-refractivity contribution >= 4 is 28.9 Å². The van der Waals surface area contributed by atoms with Crippen LogP contribution >= 0.6 is 11.8 Å². The molecule has 0 aliphatic carbocycles. The topological polar surface area (TPSA) is 50.6 Å². The maximum absolute atomic E-state index is 12.9. The summed E-state index contributed by atoms with van der Waals surface area (Å²) in [6.07, 6.45) is 10.1. The number of carbonyl (C=O) groups excluding carboxylic acids is 1. The van der Waals surface area contributed by atoms with Crippen LogP contribution in [0, 0.1) is 6.92 Å². The van der Waals surface area contributed by atoms with Gasteiger partial charge in [-0.05, 0) is 121 Å². The molecule has 0 spiro atoms. The fourth-order valence-electron chi connectivity index (χ4n) is 7.86. The van der Waals surface area contributed by atoms with E-state index in [0.717, 1.165) is 50.2 Å². The van der Waals surface area contributed by atoms with Crippen molar-refractivity contribution in [3.63, 3.8) is 0 Å². The molecule has 3 saturated heterocycles. The number of hydrogen-bond donors (Lipinski definition) is 0. The number of fused-ring (bicyclic) bond motifs is 3. The third-order valence-corrected chi connectivity index (χ3v) is 10.7. The summed E-state index contributed by atoms with van der Waals surface area (Å²) in [6.45, 7) is 10.6. The van der Waals surface area contributed by atoms with Crippen LogP contribution in [0.25, 0.3) is 11.0 Å². The minimum absolute atomic E-state index is 0.0862. The smallest absolute Gasteiger partial charge is 0.410 e. The predicted molar refractivity (Wildman–Crippen MR) is 168 cm³/mol. The van der Waals surface area contributed by atoms with E-state index in [2.05, 4.69) is 71.2 Å². The quantitative estimate of drug-likeness (QED) is 0.284. The molecule has 1 amide bonds. The Morgan fingerprint density at radius 2 is 1.66 bits per heavy atom. The summed E-state index contributed by atoms with van der Waals surface area (Å²) in [5.41, 5.74) is 3.45. The SMILES string of the molecule is CSc1ccc(C2(CCN3[C@@H]4CC[C@H]3C[C@@H](n3c(C)nc5ccccc53)C4)CCN(C(=O)OC(C)(C)C)CC2)cc1. The number of aromatic nitrogens is 2. The van der Waals surface area contributed by atoms with Gasteiger partial charge in [0.05, 0.1) is 11.0 Å². The van der Waals surface area contributed by atoms with Gasteiger partial charge in [-0.2, -0.15) is 0 Å². The monoisotopic (exact) mass is 574 g/mol. The van der Waals surface area contributed by atoms with Gasteiger partial charge in [0.25, 0.3) is 0 Å². The van der Waals surface area contributed by atoms with E-state index in [1.165, 1.54) is 41.7 Å². The number of para-hydroxylation sites is 2. The molecule has 6 nitrogen and oxygen atoms in total. The lowest BCUT2D eigenvalue weighted by molar-refractivity contribution is 0.0144. The Morgan fingerprint density at radius 3 is 2.29 bits per heavy atom. The predicted octanol–water partition coefficient (Wildman–Crippen LogP) is 7.59. The average molecular weight is 575 g/mol. The molecule has 0 radical (unpaired) electrons. The molecule has 7 heteroatoms. The molecule has 3 aliphatic rings. The maximum Gasteiger partial charge on any atom is 0.410 e. The summed E-state index contributed by atoms with van der Waals surface area (Å²) >= 11 is 1.79. The molecule has 4 heterocycles. The van der Waals surface area contributed by atoms with Crippen LogP contribution in [-0.4, -0.2) is 69.0 Å². The van der Waals surface area contributed by atoms with Gasteiger partial charge in [-0.1, -0.05) is 24.3 Å². The molecule has 41 heavy (non-hydrogen) atoms.